The summed E-state index contributed by atoms with van der Waals surface area (Å²) in [7, 11) is 0. The molecule has 0 aliphatic heterocycles. The van der Waals surface area contributed by atoms with Gasteiger partial charge in [-0.15, -0.1) is 0 Å². The van der Waals surface area contributed by atoms with Crippen LogP contribution in [0.3, 0.4) is 0 Å². The molecule has 0 atom stereocenters. The lowest BCUT2D eigenvalue weighted by Gasteiger charge is -2.19. The van der Waals surface area contributed by atoms with E-state index in [0.29, 0.717) is 0 Å². The van der Waals surface area contributed by atoms with E-state index in [0.717, 1.165) is 50.9 Å². The summed E-state index contributed by atoms with van der Waals surface area (Å²) < 4.78 is 8.65. The molecule has 0 fully saturated rings. The highest BCUT2D eigenvalue weighted by Gasteiger charge is 2.20. The van der Waals surface area contributed by atoms with Crippen LogP contribution in [0.4, 0.5) is 0 Å². The molecule has 10 aromatic rings. The SMILES string of the molecule is CCc1nc2ccccc2n1-c1cccc(-c2cccc(-c3c4ccccc4c(-c4cccc5oc6ccccc6c45)c4ccccc34)c2)c1. The molecule has 0 saturated heterocycles. The van der Waals surface area contributed by atoms with Crippen molar-refractivity contribution in [2.45, 2.75) is 13.3 Å². The normalized spacial score (nSPS) is 11.8. The minimum atomic E-state index is 0.857. The molecule has 10 rings (SSSR count). The lowest BCUT2D eigenvalue weighted by atomic mass is 9.84. The van der Waals surface area contributed by atoms with Crippen molar-refractivity contribution in [3.05, 3.63) is 170 Å². The fraction of sp³-hybridized carbons (Fsp3) is 0.0426. The van der Waals surface area contributed by atoms with E-state index in [1.165, 1.54) is 54.9 Å². The first-order chi connectivity index (χ1) is 24.8. The molecule has 50 heavy (non-hydrogen) atoms. The van der Waals surface area contributed by atoms with Crippen molar-refractivity contribution in [2.24, 2.45) is 0 Å². The van der Waals surface area contributed by atoms with E-state index in [9.17, 15) is 0 Å². The van der Waals surface area contributed by atoms with Crippen molar-refractivity contribution in [1.29, 1.82) is 0 Å². The van der Waals surface area contributed by atoms with Crippen LogP contribution in [0.2, 0.25) is 0 Å². The lowest BCUT2D eigenvalue weighted by molar-refractivity contribution is 0.669. The van der Waals surface area contributed by atoms with Crippen molar-refractivity contribution in [3.63, 3.8) is 0 Å². The first-order valence-electron chi connectivity index (χ1n) is 17.3. The summed E-state index contributed by atoms with van der Waals surface area (Å²) in [5.41, 5.74) is 12.3. The molecule has 2 heterocycles. The fourth-order valence-corrected chi connectivity index (χ4v) is 7.99. The number of fused-ring (bicyclic) bond motifs is 6. The largest absolute Gasteiger partial charge is 0.456 e. The molecule has 0 radical (unpaired) electrons. The average molecular weight is 641 g/mol. The molecule has 2 aromatic heterocycles. The van der Waals surface area contributed by atoms with Crippen LogP contribution in [0.15, 0.2) is 168 Å². The first kappa shape index (κ1) is 28.6. The number of para-hydroxylation sites is 3. The van der Waals surface area contributed by atoms with Gasteiger partial charge in [-0.1, -0.05) is 128 Å². The van der Waals surface area contributed by atoms with Gasteiger partial charge in [0, 0.05) is 22.9 Å². The van der Waals surface area contributed by atoms with Gasteiger partial charge in [0.25, 0.3) is 0 Å². The van der Waals surface area contributed by atoms with Crippen LogP contribution in [0.5, 0.6) is 0 Å². The summed E-state index contributed by atoms with van der Waals surface area (Å²) in [6.07, 6.45) is 0.857. The van der Waals surface area contributed by atoms with E-state index in [1.807, 2.05) is 6.07 Å². The summed E-state index contributed by atoms with van der Waals surface area (Å²) in [6, 6.07) is 58.8. The standard InChI is InChI=1S/C47H32N2O/c1-2-44-48-40-24-8-9-25-41(40)49(44)33-17-12-15-31(29-33)30-14-11-16-32(28-30)45-34-18-3-5-20-36(34)46(37-21-6-4-19-35(37)45)39-23-13-27-43-47(39)38-22-7-10-26-42(38)50-43/h3-29H,2H2,1H3. The van der Waals surface area contributed by atoms with E-state index in [1.54, 1.807) is 0 Å². The third kappa shape index (κ3) is 4.33. The Morgan fingerprint density at radius 2 is 1.08 bits per heavy atom. The quantitative estimate of drug-likeness (QED) is 0.175. The third-order valence-electron chi connectivity index (χ3n) is 10.1. The van der Waals surface area contributed by atoms with Gasteiger partial charge in [0.2, 0.25) is 0 Å². The summed E-state index contributed by atoms with van der Waals surface area (Å²) >= 11 is 0. The molecule has 0 amide bonds. The number of rotatable bonds is 5. The number of nitrogens with zero attached hydrogens (tertiary/aromatic N) is 2. The number of furan rings is 1. The molecule has 0 unspecified atom stereocenters. The minimum Gasteiger partial charge on any atom is -0.456 e. The number of aromatic nitrogens is 2. The second-order valence-electron chi connectivity index (χ2n) is 13.0. The maximum atomic E-state index is 6.35. The molecule has 0 N–H and O–H groups in total. The third-order valence-corrected chi connectivity index (χ3v) is 10.1. The Morgan fingerprint density at radius 3 is 1.84 bits per heavy atom. The zero-order valence-corrected chi connectivity index (χ0v) is 27.6. The Kier molecular flexibility index (Phi) is 6.47. The molecule has 0 aliphatic rings. The topological polar surface area (TPSA) is 31.0 Å². The summed E-state index contributed by atoms with van der Waals surface area (Å²) in [5.74, 6) is 1.06. The van der Waals surface area contributed by atoms with Crippen molar-refractivity contribution < 1.29 is 4.42 Å². The predicted molar refractivity (Wildman–Crippen MR) is 209 cm³/mol. The zero-order valence-electron chi connectivity index (χ0n) is 27.6. The van der Waals surface area contributed by atoms with E-state index in [4.69, 9.17) is 9.40 Å². The van der Waals surface area contributed by atoms with Crippen LogP contribution in [0.1, 0.15) is 12.7 Å². The molecule has 0 aliphatic carbocycles. The van der Waals surface area contributed by atoms with Crippen LogP contribution in [0, 0.1) is 0 Å². The van der Waals surface area contributed by atoms with Gasteiger partial charge >= 0.3 is 0 Å². The fourth-order valence-electron chi connectivity index (χ4n) is 7.99. The van der Waals surface area contributed by atoms with E-state index >= 15 is 0 Å². The smallest absolute Gasteiger partial charge is 0.136 e. The van der Waals surface area contributed by atoms with Crippen LogP contribution < -0.4 is 0 Å². The second-order valence-corrected chi connectivity index (χ2v) is 13.0. The van der Waals surface area contributed by atoms with Gasteiger partial charge in [-0.3, -0.25) is 4.57 Å². The Morgan fingerprint density at radius 1 is 0.500 bits per heavy atom. The van der Waals surface area contributed by atoms with Gasteiger partial charge in [-0.25, -0.2) is 4.98 Å². The molecule has 236 valence electrons. The summed E-state index contributed by atoms with van der Waals surface area (Å²) in [4.78, 5) is 4.94. The van der Waals surface area contributed by atoms with Crippen molar-refractivity contribution >= 4 is 54.5 Å². The number of hydrogen-bond donors (Lipinski definition) is 0. The summed E-state index contributed by atoms with van der Waals surface area (Å²) in [5, 5.41) is 7.21. The van der Waals surface area contributed by atoms with Gasteiger partial charge in [0.05, 0.1) is 11.0 Å². The van der Waals surface area contributed by atoms with E-state index in [-0.39, 0.29) is 0 Å². The number of benzene rings is 8. The first-order valence-corrected chi connectivity index (χ1v) is 17.3. The Hall–Kier alpha value is -6.45. The number of imidazole rings is 1. The number of aryl methyl sites for hydroxylation is 1. The van der Waals surface area contributed by atoms with E-state index < -0.39 is 0 Å². The molecule has 0 spiro atoms. The van der Waals surface area contributed by atoms with Gasteiger partial charge in [0.1, 0.15) is 17.0 Å². The summed E-state index contributed by atoms with van der Waals surface area (Å²) in [6.45, 7) is 2.17. The molecule has 3 heteroatoms. The Labute approximate surface area is 289 Å². The van der Waals surface area contributed by atoms with Gasteiger partial charge in [-0.05, 0) is 97.4 Å². The van der Waals surface area contributed by atoms with Gasteiger partial charge in [0.15, 0.2) is 0 Å². The van der Waals surface area contributed by atoms with Crippen molar-refractivity contribution in [1.82, 2.24) is 9.55 Å². The second kappa shape index (κ2) is 11.3. The van der Waals surface area contributed by atoms with Crippen LogP contribution in [0.25, 0.3) is 93.6 Å². The Balaban J connectivity index is 1.19. The van der Waals surface area contributed by atoms with Crippen molar-refractivity contribution in [2.75, 3.05) is 0 Å². The molecule has 0 saturated carbocycles. The van der Waals surface area contributed by atoms with Gasteiger partial charge < -0.3 is 4.42 Å². The molecule has 0 bridgehead atoms. The maximum Gasteiger partial charge on any atom is 0.136 e. The molecular weight excluding hydrogens is 609 g/mol. The molecular formula is C47H32N2O. The highest BCUT2D eigenvalue weighted by molar-refractivity contribution is 6.25. The van der Waals surface area contributed by atoms with E-state index in [2.05, 4.69) is 169 Å². The highest BCUT2D eigenvalue weighted by Crippen LogP contribution is 2.47. The van der Waals surface area contributed by atoms with Crippen LogP contribution in [-0.2, 0) is 6.42 Å². The highest BCUT2D eigenvalue weighted by atomic mass is 16.3. The van der Waals surface area contributed by atoms with Crippen LogP contribution in [-0.4, -0.2) is 9.55 Å². The monoisotopic (exact) mass is 640 g/mol. The average Bonchev–Trinajstić information content (AvgIpc) is 3.76. The van der Waals surface area contributed by atoms with Gasteiger partial charge in [-0.2, -0.15) is 0 Å². The van der Waals surface area contributed by atoms with Crippen LogP contribution >= 0.6 is 0 Å². The molecule has 8 aromatic carbocycles. The Bertz CT molecular complexity index is 2870. The van der Waals surface area contributed by atoms with Crippen molar-refractivity contribution in [3.8, 4) is 39.1 Å². The number of hydrogen-bond acceptors (Lipinski definition) is 2. The minimum absolute atomic E-state index is 0.857. The predicted octanol–water partition coefficient (Wildman–Crippen LogP) is 12.8. The zero-order chi connectivity index (χ0) is 33.2. The molecule has 3 nitrogen and oxygen atoms in total. The lowest BCUT2D eigenvalue weighted by Crippen LogP contribution is -2.00. The maximum absolute atomic E-state index is 6.35.